The molecule has 1 fully saturated rings. The molecule has 0 bridgehead atoms. The summed E-state index contributed by atoms with van der Waals surface area (Å²) in [6.07, 6.45) is 0.931. The SMILES string of the molecule is CC(C)(C)NC(=O)OC1CCCN(C(=O)CCl)C1. The standard InChI is InChI=1S/C12H21ClN2O3/c1-12(2,3)14-11(17)18-9-5-4-6-15(8-9)10(16)7-13/h9H,4-8H2,1-3H3,(H,14,17). The first kappa shape index (κ1) is 15.1. The number of alkyl carbamates (subject to hydrolysis) is 1. The quantitative estimate of drug-likeness (QED) is 0.782. The lowest BCUT2D eigenvalue weighted by Crippen LogP contribution is -2.47. The molecule has 1 aliphatic rings. The molecule has 0 spiro atoms. The molecule has 1 N–H and O–H groups in total. The van der Waals surface area contributed by atoms with Crippen LogP contribution < -0.4 is 5.32 Å². The first-order valence-corrected chi connectivity index (χ1v) is 6.68. The molecule has 18 heavy (non-hydrogen) atoms. The summed E-state index contributed by atoms with van der Waals surface area (Å²) in [5, 5.41) is 2.73. The summed E-state index contributed by atoms with van der Waals surface area (Å²) in [4.78, 5) is 24.7. The molecule has 0 aromatic rings. The van der Waals surface area contributed by atoms with E-state index in [0.717, 1.165) is 12.8 Å². The number of hydrogen-bond donors (Lipinski definition) is 1. The summed E-state index contributed by atoms with van der Waals surface area (Å²) in [6.45, 7) is 6.78. The number of alkyl halides is 1. The summed E-state index contributed by atoms with van der Waals surface area (Å²) in [5.74, 6) is -0.137. The van der Waals surface area contributed by atoms with Gasteiger partial charge in [0.2, 0.25) is 5.91 Å². The second-order valence-corrected chi connectivity index (χ2v) is 5.79. The van der Waals surface area contributed by atoms with Gasteiger partial charge in [-0.05, 0) is 33.6 Å². The average molecular weight is 277 g/mol. The van der Waals surface area contributed by atoms with Crippen molar-refractivity contribution in [2.45, 2.75) is 45.3 Å². The molecule has 0 saturated carbocycles. The topological polar surface area (TPSA) is 58.6 Å². The molecular weight excluding hydrogens is 256 g/mol. The van der Waals surface area contributed by atoms with Crippen LogP contribution >= 0.6 is 11.6 Å². The third-order valence-corrected chi connectivity index (χ3v) is 2.82. The Morgan fingerprint density at radius 2 is 2.11 bits per heavy atom. The van der Waals surface area contributed by atoms with Crippen molar-refractivity contribution in [2.24, 2.45) is 0 Å². The summed E-state index contributed by atoms with van der Waals surface area (Å²) < 4.78 is 5.31. The third kappa shape index (κ3) is 5.12. The van der Waals surface area contributed by atoms with E-state index in [0.29, 0.717) is 13.1 Å². The van der Waals surface area contributed by atoms with E-state index >= 15 is 0 Å². The van der Waals surface area contributed by atoms with E-state index in [1.54, 1.807) is 4.90 Å². The normalized spacial score (nSPS) is 20.4. The zero-order chi connectivity index (χ0) is 13.8. The van der Waals surface area contributed by atoms with Gasteiger partial charge in [0.15, 0.2) is 0 Å². The Morgan fingerprint density at radius 1 is 1.44 bits per heavy atom. The van der Waals surface area contributed by atoms with Crippen molar-refractivity contribution in [1.29, 1.82) is 0 Å². The number of ether oxygens (including phenoxy) is 1. The number of hydrogen-bond acceptors (Lipinski definition) is 3. The third-order valence-electron chi connectivity index (χ3n) is 2.60. The van der Waals surface area contributed by atoms with Gasteiger partial charge in [-0.25, -0.2) is 4.79 Å². The van der Waals surface area contributed by atoms with Gasteiger partial charge in [-0.1, -0.05) is 0 Å². The van der Waals surface area contributed by atoms with Gasteiger partial charge in [-0.15, -0.1) is 11.6 Å². The number of halogens is 1. The van der Waals surface area contributed by atoms with Crippen LogP contribution in [-0.4, -0.2) is 47.5 Å². The zero-order valence-electron chi connectivity index (χ0n) is 11.2. The van der Waals surface area contributed by atoms with E-state index in [4.69, 9.17) is 16.3 Å². The molecule has 1 unspecified atom stereocenters. The van der Waals surface area contributed by atoms with Gasteiger partial charge in [-0.2, -0.15) is 0 Å². The molecule has 1 saturated heterocycles. The monoisotopic (exact) mass is 276 g/mol. The Balaban J connectivity index is 2.43. The Bertz CT molecular complexity index is 315. The molecule has 0 aromatic heterocycles. The summed E-state index contributed by atoms with van der Waals surface area (Å²) in [5.41, 5.74) is -0.322. The number of nitrogens with zero attached hydrogens (tertiary/aromatic N) is 1. The number of rotatable bonds is 2. The molecule has 6 heteroatoms. The molecule has 1 rings (SSSR count). The van der Waals surface area contributed by atoms with Crippen molar-refractivity contribution in [3.05, 3.63) is 0 Å². The van der Waals surface area contributed by atoms with Crippen LogP contribution in [0.5, 0.6) is 0 Å². The predicted octanol–water partition coefficient (Wildman–Crippen LogP) is 1.74. The molecule has 5 nitrogen and oxygen atoms in total. The fourth-order valence-corrected chi connectivity index (χ4v) is 2.00. The van der Waals surface area contributed by atoms with Gasteiger partial charge in [0.05, 0.1) is 6.54 Å². The van der Waals surface area contributed by atoms with Crippen LogP contribution in [0.25, 0.3) is 0 Å². The first-order valence-electron chi connectivity index (χ1n) is 6.14. The number of carbonyl (C=O) groups excluding carboxylic acids is 2. The van der Waals surface area contributed by atoms with Crippen molar-refractivity contribution in [1.82, 2.24) is 10.2 Å². The van der Waals surface area contributed by atoms with E-state index in [1.165, 1.54) is 0 Å². The van der Waals surface area contributed by atoms with E-state index in [2.05, 4.69) is 5.32 Å². The summed E-state index contributed by atoms with van der Waals surface area (Å²) in [7, 11) is 0. The molecule has 104 valence electrons. The van der Waals surface area contributed by atoms with Crippen molar-refractivity contribution in [3.8, 4) is 0 Å². The Morgan fingerprint density at radius 3 is 2.67 bits per heavy atom. The van der Waals surface area contributed by atoms with E-state index in [9.17, 15) is 9.59 Å². The molecule has 0 aliphatic carbocycles. The number of amides is 2. The molecule has 1 atom stereocenters. The maximum Gasteiger partial charge on any atom is 0.407 e. The highest BCUT2D eigenvalue weighted by Crippen LogP contribution is 2.14. The van der Waals surface area contributed by atoms with Gasteiger partial charge in [0.25, 0.3) is 0 Å². The average Bonchev–Trinajstić information content (AvgIpc) is 2.25. The zero-order valence-corrected chi connectivity index (χ0v) is 11.9. The summed E-state index contributed by atoms with van der Waals surface area (Å²) in [6, 6.07) is 0. The fraction of sp³-hybridized carbons (Fsp3) is 0.833. The highest BCUT2D eigenvalue weighted by Gasteiger charge is 2.26. The Labute approximate surface area is 113 Å². The van der Waals surface area contributed by atoms with Crippen LogP contribution in [0.4, 0.5) is 4.79 Å². The van der Waals surface area contributed by atoms with Gasteiger partial charge < -0.3 is 15.0 Å². The Hall–Kier alpha value is -0.970. The van der Waals surface area contributed by atoms with Crippen LogP contribution in [0, 0.1) is 0 Å². The lowest BCUT2D eigenvalue weighted by Gasteiger charge is -2.32. The molecule has 1 heterocycles. The second kappa shape index (κ2) is 6.27. The second-order valence-electron chi connectivity index (χ2n) is 5.52. The van der Waals surface area contributed by atoms with E-state index in [-0.39, 0.29) is 23.4 Å². The molecule has 2 amide bonds. The van der Waals surface area contributed by atoms with Crippen LogP contribution in [0.15, 0.2) is 0 Å². The van der Waals surface area contributed by atoms with Crippen molar-refractivity contribution >= 4 is 23.6 Å². The van der Waals surface area contributed by atoms with Crippen LogP contribution in [-0.2, 0) is 9.53 Å². The number of piperidine rings is 1. The highest BCUT2D eigenvalue weighted by atomic mass is 35.5. The molecule has 0 aromatic carbocycles. The van der Waals surface area contributed by atoms with Gasteiger partial charge >= 0.3 is 6.09 Å². The number of carbonyl (C=O) groups is 2. The van der Waals surface area contributed by atoms with E-state index in [1.807, 2.05) is 20.8 Å². The van der Waals surface area contributed by atoms with Crippen LogP contribution in [0.2, 0.25) is 0 Å². The smallest absolute Gasteiger partial charge is 0.407 e. The highest BCUT2D eigenvalue weighted by molar-refractivity contribution is 6.27. The van der Waals surface area contributed by atoms with Gasteiger partial charge in [0, 0.05) is 12.1 Å². The van der Waals surface area contributed by atoms with Crippen LogP contribution in [0.1, 0.15) is 33.6 Å². The van der Waals surface area contributed by atoms with E-state index < -0.39 is 6.09 Å². The molecule has 0 radical (unpaired) electrons. The molecular formula is C12H21ClN2O3. The lowest BCUT2D eigenvalue weighted by atomic mass is 10.1. The predicted molar refractivity (Wildman–Crippen MR) is 69.7 cm³/mol. The van der Waals surface area contributed by atoms with Crippen molar-refractivity contribution < 1.29 is 14.3 Å². The lowest BCUT2D eigenvalue weighted by molar-refractivity contribution is -0.131. The van der Waals surface area contributed by atoms with Crippen molar-refractivity contribution in [3.63, 3.8) is 0 Å². The van der Waals surface area contributed by atoms with Gasteiger partial charge in [0.1, 0.15) is 12.0 Å². The first-order chi connectivity index (χ1) is 8.31. The minimum Gasteiger partial charge on any atom is -0.444 e. The number of nitrogens with one attached hydrogen (secondary N) is 1. The van der Waals surface area contributed by atoms with Crippen LogP contribution in [0.3, 0.4) is 0 Å². The maximum absolute atomic E-state index is 11.6. The maximum atomic E-state index is 11.6. The minimum absolute atomic E-state index is 0.0269. The Kier molecular flexibility index (Phi) is 5.26. The summed E-state index contributed by atoms with van der Waals surface area (Å²) >= 11 is 5.51. The fourth-order valence-electron chi connectivity index (χ4n) is 1.83. The van der Waals surface area contributed by atoms with Crippen molar-refractivity contribution in [2.75, 3.05) is 19.0 Å². The molecule has 1 aliphatic heterocycles. The largest absolute Gasteiger partial charge is 0.444 e. The number of likely N-dealkylation sites (tertiary alicyclic amines) is 1. The minimum atomic E-state index is -0.437. The van der Waals surface area contributed by atoms with Gasteiger partial charge in [-0.3, -0.25) is 4.79 Å².